The first-order valence-corrected chi connectivity index (χ1v) is 33.7. The first kappa shape index (κ1) is 76.5. The Balaban J connectivity index is 4.13. The lowest BCUT2D eigenvalue weighted by Crippen LogP contribution is -2.30. The summed E-state index contributed by atoms with van der Waals surface area (Å²) in [5.41, 5.74) is 0. The van der Waals surface area contributed by atoms with Crippen LogP contribution in [-0.4, -0.2) is 37.2 Å². The van der Waals surface area contributed by atoms with Crippen molar-refractivity contribution >= 4 is 17.9 Å². The first-order chi connectivity index (χ1) is 40.0. The van der Waals surface area contributed by atoms with Crippen LogP contribution in [0.3, 0.4) is 0 Å². The van der Waals surface area contributed by atoms with E-state index in [-0.39, 0.29) is 37.5 Å². The fourth-order valence-electron chi connectivity index (χ4n) is 9.19. The van der Waals surface area contributed by atoms with E-state index in [4.69, 9.17) is 14.2 Å². The van der Waals surface area contributed by atoms with Crippen LogP contribution in [0.1, 0.15) is 303 Å². The Hall–Kier alpha value is -4.45. The third-order valence-corrected chi connectivity index (χ3v) is 14.2. The van der Waals surface area contributed by atoms with Crippen LogP contribution in [0.5, 0.6) is 0 Å². The van der Waals surface area contributed by atoms with E-state index < -0.39 is 6.10 Å². The summed E-state index contributed by atoms with van der Waals surface area (Å²) in [5, 5.41) is 0. The van der Waals surface area contributed by atoms with Crippen LogP contribution in [0, 0.1) is 0 Å². The van der Waals surface area contributed by atoms with E-state index in [0.29, 0.717) is 19.3 Å². The van der Waals surface area contributed by atoms with Gasteiger partial charge in [-0.25, -0.2) is 0 Å². The summed E-state index contributed by atoms with van der Waals surface area (Å²) in [6, 6.07) is 0. The van der Waals surface area contributed by atoms with E-state index in [1.54, 1.807) is 0 Å². The summed E-state index contributed by atoms with van der Waals surface area (Å²) in [6.45, 7) is 6.34. The molecular formula is C75H124O6. The number of unbranched alkanes of at least 4 members (excludes halogenated alkanes) is 27. The number of esters is 3. The highest BCUT2D eigenvalue weighted by Crippen LogP contribution is 2.17. The van der Waals surface area contributed by atoms with Crippen LogP contribution >= 0.6 is 0 Å². The number of carbonyl (C=O) groups is 3. The number of hydrogen-bond acceptors (Lipinski definition) is 6. The predicted molar refractivity (Wildman–Crippen MR) is 353 cm³/mol. The molecule has 0 bridgehead atoms. The molecule has 0 aliphatic rings. The molecule has 0 aromatic heterocycles. The first-order valence-electron chi connectivity index (χ1n) is 33.7. The van der Waals surface area contributed by atoms with Gasteiger partial charge >= 0.3 is 17.9 Å². The van der Waals surface area contributed by atoms with Crippen LogP contribution in [-0.2, 0) is 28.6 Å². The van der Waals surface area contributed by atoms with Crippen molar-refractivity contribution in [2.75, 3.05) is 13.2 Å². The van der Waals surface area contributed by atoms with E-state index >= 15 is 0 Å². The average Bonchev–Trinajstić information content (AvgIpc) is 3.46. The second kappa shape index (κ2) is 68.1. The molecule has 1 unspecified atom stereocenters. The van der Waals surface area contributed by atoms with Crippen molar-refractivity contribution in [1.29, 1.82) is 0 Å². The van der Waals surface area contributed by atoms with Gasteiger partial charge in [0.25, 0.3) is 0 Å². The molecule has 0 radical (unpaired) electrons. The standard InChI is InChI=1S/C75H124O6/c1-4-7-10-13-16-18-20-22-24-26-28-30-32-33-34-35-36-37-38-39-40-41-43-44-46-48-50-52-54-56-59-62-65-68-74(77)80-71-72(70-79-73(76)67-64-61-58-15-12-9-6-3)81-75(78)69-66-63-60-57-55-53-51-49-47-45-42-31-29-27-25-23-21-19-17-14-11-8-5-2/h7-8,10-11,16-19,22-25,28-31,45,47,51,53,57,60,72H,4-6,9,12-15,20-21,26-27,32-44,46,48-50,52,54-56,58-59,61-71H2,1-3H3/b10-7-,11-8-,18-16-,19-17-,24-22-,25-23-,30-28-,31-29-,47-45-,53-51-,60-57-. The maximum absolute atomic E-state index is 12.8. The molecule has 0 aliphatic heterocycles. The average molecular weight is 1120 g/mol. The monoisotopic (exact) mass is 1120 g/mol. The smallest absolute Gasteiger partial charge is 0.306 e. The highest BCUT2D eigenvalue weighted by molar-refractivity contribution is 5.71. The molecule has 0 saturated heterocycles. The minimum Gasteiger partial charge on any atom is -0.462 e. The Labute approximate surface area is 500 Å². The van der Waals surface area contributed by atoms with Gasteiger partial charge in [-0.05, 0) is 109 Å². The van der Waals surface area contributed by atoms with Gasteiger partial charge < -0.3 is 14.2 Å². The van der Waals surface area contributed by atoms with E-state index in [1.807, 2.05) is 0 Å². The molecule has 6 heteroatoms. The topological polar surface area (TPSA) is 78.9 Å². The number of ether oxygens (including phenoxy) is 3. The summed E-state index contributed by atoms with van der Waals surface area (Å²) < 4.78 is 16.8. The molecule has 0 aromatic carbocycles. The van der Waals surface area contributed by atoms with Crippen molar-refractivity contribution in [2.24, 2.45) is 0 Å². The number of hydrogen-bond donors (Lipinski definition) is 0. The molecule has 1 atom stereocenters. The van der Waals surface area contributed by atoms with Gasteiger partial charge in [-0.3, -0.25) is 14.4 Å². The summed E-state index contributed by atoms with van der Waals surface area (Å²) >= 11 is 0. The van der Waals surface area contributed by atoms with Gasteiger partial charge in [0.05, 0.1) is 0 Å². The summed E-state index contributed by atoms with van der Waals surface area (Å²) in [4.78, 5) is 38.1. The van der Waals surface area contributed by atoms with Gasteiger partial charge in [0.15, 0.2) is 6.10 Å². The fraction of sp³-hybridized carbons (Fsp3) is 0.667. The molecule has 0 saturated carbocycles. The lowest BCUT2D eigenvalue weighted by Gasteiger charge is -2.18. The Bertz CT molecular complexity index is 1720. The third kappa shape index (κ3) is 66.2. The van der Waals surface area contributed by atoms with Gasteiger partial charge in [-0.2, -0.15) is 0 Å². The Morgan fingerprint density at radius 3 is 0.790 bits per heavy atom. The molecule has 0 aliphatic carbocycles. The highest BCUT2D eigenvalue weighted by Gasteiger charge is 2.19. The lowest BCUT2D eigenvalue weighted by molar-refractivity contribution is -0.167. The quantitative estimate of drug-likeness (QED) is 0.0261. The summed E-state index contributed by atoms with van der Waals surface area (Å²) in [7, 11) is 0. The molecule has 0 heterocycles. The largest absolute Gasteiger partial charge is 0.462 e. The Kier molecular flexibility index (Phi) is 64.3. The Morgan fingerprint density at radius 1 is 0.259 bits per heavy atom. The lowest BCUT2D eigenvalue weighted by atomic mass is 10.0. The normalized spacial score (nSPS) is 13.0. The van der Waals surface area contributed by atoms with Gasteiger partial charge in [0.2, 0.25) is 0 Å². The van der Waals surface area contributed by atoms with Crippen LogP contribution in [0.2, 0.25) is 0 Å². The van der Waals surface area contributed by atoms with E-state index in [1.165, 1.54) is 141 Å². The molecule has 81 heavy (non-hydrogen) atoms. The van der Waals surface area contributed by atoms with Crippen molar-refractivity contribution in [3.8, 4) is 0 Å². The molecule has 460 valence electrons. The molecule has 0 rings (SSSR count). The fourth-order valence-corrected chi connectivity index (χ4v) is 9.19. The maximum atomic E-state index is 12.8. The van der Waals surface area contributed by atoms with E-state index in [2.05, 4.69) is 154 Å². The van der Waals surface area contributed by atoms with Crippen molar-refractivity contribution in [3.63, 3.8) is 0 Å². The second-order valence-electron chi connectivity index (χ2n) is 22.0. The van der Waals surface area contributed by atoms with Gasteiger partial charge in [0, 0.05) is 19.3 Å². The second-order valence-corrected chi connectivity index (χ2v) is 22.0. The van der Waals surface area contributed by atoms with Crippen molar-refractivity contribution in [1.82, 2.24) is 0 Å². The predicted octanol–water partition coefficient (Wildman–Crippen LogP) is 23.3. The molecular weight excluding hydrogens is 997 g/mol. The zero-order valence-electron chi connectivity index (χ0n) is 52.8. The Morgan fingerprint density at radius 2 is 0.494 bits per heavy atom. The minimum absolute atomic E-state index is 0.101. The van der Waals surface area contributed by atoms with E-state index in [9.17, 15) is 14.4 Å². The van der Waals surface area contributed by atoms with Crippen LogP contribution in [0.15, 0.2) is 134 Å². The summed E-state index contributed by atoms with van der Waals surface area (Å²) in [6.07, 6.45) is 96.6. The zero-order valence-corrected chi connectivity index (χ0v) is 52.8. The number of rotatable bonds is 60. The number of carbonyl (C=O) groups excluding carboxylic acids is 3. The van der Waals surface area contributed by atoms with Crippen molar-refractivity contribution < 1.29 is 28.6 Å². The highest BCUT2D eigenvalue weighted by atomic mass is 16.6. The molecule has 0 N–H and O–H groups in total. The van der Waals surface area contributed by atoms with Crippen LogP contribution in [0.25, 0.3) is 0 Å². The maximum Gasteiger partial charge on any atom is 0.306 e. The van der Waals surface area contributed by atoms with E-state index in [0.717, 1.165) is 116 Å². The van der Waals surface area contributed by atoms with Crippen LogP contribution in [0.4, 0.5) is 0 Å². The molecule has 6 nitrogen and oxygen atoms in total. The molecule has 0 spiro atoms. The summed E-state index contributed by atoms with van der Waals surface area (Å²) in [5.74, 6) is -0.962. The van der Waals surface area contributed by atoms with Crippen molar-refractivity contribution in [3.05, 3.63) is 134 Å². The molecule has 0 fully saturated rings. The minimum atomic E-state index is -0.808. The van der Waals surface area contributed by atoms with Gasteiger partial charge in [-0.1, -0.05) is 309 Å². The van der Waals surface area contributed by atoms with Crippen molar-refractivity contribution in [2.45, 2.75) is 309 Å². The van der Waals surface area contributed by atoms with Gasteiger partial charge in [-0.15, -0.1) is 0 Å². The van der Waals surface area contributed by atoms with Crippen LogP contribution < -0.4 is 0 Å². The SMILES string of the molecule is CC/C=C\C/C=C\C/C=C\C/C=C\C/C=C\C/C=C\C/C=C\CCCC(=O)OC(COC(=O)CCCCCCCCC)COC(=O)CCCCCCCCCCCCCCCCCCCCCC/C=C\C/C=C\C/C=C\C/C=C\CC. The molecule has 0 amide bonds. The zero-order chi connectivity index (χ0) is 58.5. The number of allylic oxidation sites excluding steroid dienone is 22. The third-order valence-electron chi connectivity index (χ3n) is 14.2. The van der Waals surface area contributed by atoms with Gasteiger partial charge in [0.1, 0.15) is 13.2 Å². The molecule has 0 aromatic rings.